The molecule has 0 saturated carbocycles. The number of nitrogens with zero attached hydrogens (tertiary/aromatic N) is 1. The Morgan fingerprint density at radius 3 is 2.56 bits per heavy atom. The van der Waals surface area contributed by atoms with Gasteiger partial charge in [-0.25, -0.2) is 0 Å². The molecule has 0 fully saturated rings. The van der Waals surface area contributed by atoms with Crippen molar-refractivity contribution < 1.29 is 24.5 Å². The number of benzene rings is 1. The zero-order valence-electron chi connectivity index (χ0n) is 14.2. The van der Waals surface area contributed by atoms with Crippen molar-refractivity contribution in [3.05, 3.63) is 35.5 Å². The SMILES string of the molecule is CC(C)Oc1ccc(N/C=C/C(=O)N(C=O)CC(CO)CO)cc1Cl. The maximum absolute atomic E-state index is 11.9. The molecule has 0 aliphatic carbocycles. The molecule has 0 aliphatic rings. The Labute approximate surface area is 151 Å². The van der Waals surface area contributed by atoms with Gasteiger partial charge in [-0.05, 0) is 32.0 Å². The van der Waals surface area contributed by atoms with E-state index < -0.39 is 11.8 Å². The van der Waals surface area contributed by atoms with Gasteiger partial charge in [0.2, 0.25) is 6.41 Å². The number of imide groups is 1. The molecule has 3 N–H and O–H groups in total. The molecule has 0 bridgehead atoms. The first kappa shape index (κ1) is 21.0. The molecular formula is C17H23ClN2O5. The summed E-state index contributed by atoms with van der Waals surface area (Å²) in [6.45, 7) is 3.09. The van der Waals surface area contributed by atoms with E-state index >= 15 is 0 Å². The summed E-state index contributed by atoms with van der Waals surface area (Å²) in [7, 11) is 0. The van der Waals surface area contributed by atoms with Crippen LogP contribution < -0.4 is 10.1 Å². The van der Waals surface area contributed by atoms with Gasteiger partial charge in [0.05, 0.1) is 11.1 Å². The van der Waals surface area contributed by atoms with Crippen molar-refractivity contribution in [3.63, 3.8) is 0 Å². The number of aliphatic hydroxyl groups is 2. The molecule has 0 aliphatic heterocycles. The molecule has 25 heavy (non-hydrogen) atoms. The second-order valence-electron chi connectivity index (χ2n) is 5.62. The molecule has 0 spiro atoms. The Hall–Kier alpha value is -2.09. The molecule has 1 aromatic carbocycles. The highest BCUT2D eigenvalue weighted by Gasteiger charge is 2.15. The molecule has 7 nitrogen and oxygen atoms in total. The van der Waals surface area contributed by atoms with Crippen LogP contribution in [0.25, 0.3) is 0 Å². The predicted molar refractivity (Wildman–Crippen MR) is 95.4 cm³/mol. The van der Waals surface area contributed by atoms with Crippen molar-refractivity contribution in [1.82, 2.24) is 4.90 Å². The lowest BCUT2D eigenvalue weighted by molar-refractivity contribution is -0.135. The minimum Gasteiger partial charge on any atom is -0.489 e. The van der Waals surface area contributed by atoms with Crippen LogP contribution in [0.3, 0.4) is 0 Å². The lowest BCUT2D eigenvalue weighted by Crippen LogP contribution is -2.35. The van der Waals surface area contributed by atoms with Crippen LogP contribution in [-0.4, -0.2) is 53.3 Å². The van der Waals surface area contributed by atoms with Crippen LogP contribution in [0.4, 0.5) is 5.69 Å². The summed E-state index contributed by atoms with van der Waals surface area (Å²) >= 11 is 6.12. The summed E-state index contributed by atoms with van der Waals surface area (Å²) in [5, 5.41) is 21.3. The van der Waals surface area contributed by atoms with Gasteiger partial charge in [0, 0.05) is 43.6 Å². The van der Waals surface area contributed by atoms with E-state index in [4.69, 9.17) is 26.6 Å². The van der Waals surface area contributed by atoms with E-state index in [0.29, 0.717) is 22.9 Å². The van der Waals surface area contributed by atoms with Crippen molar-refractivity contribution >= 4 is 29.6 Å². The van der Waals surface area contributed by atoms with Gasteiger partial charge in [-0.15, -0.1) is 0 Å². The smallest absolute Gasteiger partial charge is 0.254 e. The summed E-state index contributed by atoms with van der Waals surface area (Å²) in [6, 6.07) is 5.10. The fourth-order valence-corrected chi connectivity index (χ4v) is 2.11. The maximum Gasteiger partial charge on any atom is 0.254 e. The second kappa shape index (κ2) is 10.7. The van der Waals surface area contributed by atoms with Gasteiger partial charge in [0.1, 0.15) is 5.75 Å². The van der Waals surface area contributed by atoms with Crippen LogP contribution in [0.15, 0.2) is 30.5 Å². The number of rotatable bonds is 10. The van der Waals surface area contributed by atoms with E-state index in [1.807, 2.05) is 13.8 Å². The summed E-state index contributed by atoms with van der Waals surface area (Å²) in [5.74, 6) is -0.573. The topological polar surface area (TPSA) is 99.1 Å². The first-order valence-electron chi connectivity index (χ1n) is 7.78. The quantitative estimate of drug-likeness (QED) is 0.427. The van der Waals surface area contributed by atoms with Crippen LogP contribution in [0.5, 0.6) is 5.75 Å². The number of anilines is 1. The molecule has 2 amide bonds. The highest BCUT2D eigenvalue weighted by atomic mass is 35.5. The zero-order valence-corrected chi connectivity index (χ0v) is 14.9. The molecule has 0 heterocycles. The second-order valence-corrected chi connectivity index (χ2v) is 6.02. The van der Waals surface area contributed by atoms with Gasteiger partial charge >= 0.3 is 0 Å². The van der Waals surface area contributed by atoms with E-state index in [-0.39, 0.29) is 25.9 Å². The number of carbonyl (C=O) groups is 2. The molecule has 138 valence electrons. The standard InChI is InChI=1S/C17H23ClN2O5/c1-12(2)25-16-4-3-14(7-15(16)18)19-6-5-17(24)20(11-23)8-13(9-21)10-22/h3-7,11-13,19,21-22H,8-10H2,1-2H3/b6-5+. The predicted octanol–water partition coefficient (Wildman–Crippen LogP) is 1.64. The van der Waals surface area contributed by atoms with E-state index in [9.17, 15) is 9.59 Å². The summed E-state index contributed by atoms with van der Waals surface area (Å²) in [6.07, 6.45) is 2.91. The Balaban J connectivity index is 2.65. The number of halogens is 1. The largest absolute Gasteiger partial charge is 0.489 e. The Bertz CT molecular complexity index is 603. The Morgan fingerprint density at radius 2 is 2.04 bits per heavy atom. The summed E-state index contributed by atoms with van der Waals surface area (Å²) < 4.78 is 5.53. The van der Waals surface area contributed by atoms with Gasteiger partial charge in [-0.2, -0.15) is 0 Å². The van der Waals surface area contributed by atoms with Crippen LogP contribution in [-0.2, 0) is 9.59 Å². The first-order valence-corrected chi connectivity index (χ1v) is 8.16. The molecule has 0 unspecified atom stereocenters. The number of amides is 2. The fourth-order valence-electron chi connectivity index (χ4n) is 1.88. The molecule has 1 aromatic rings. The maximum atomic E-state index is 11.9. The molecule has 0 radical (unpaired) electrons. The minimum absolute atomic E-state index is 0.00446. The number of aliphatic hydroxyl groups excluding tert-OH is 2. The lowest BCUT2D eigenvalue weighted by atomic mass is 10.1. The number of nitrogens with one attached hydrogen (secondary N) is 1. The van der Waals surface area contributed by atoms with Gasteiger partial charge in [0.25, 0.3) is 5.91 Å². The number of ether oxygens (including phenoxy) is 1. The van der Waals surface area contributed by atoms with Crippen LogP contribution in [0, 0.1) is 5.92 Å². The van der Waals surface area contributed by atoms with Gasteiger partial charge in [-0.3, -0.25) is 14.5 Å². The van der Waals surface area contributed by atoms with Crippen LogP contribution in [0.1, 0.15) is 13.8 Å². The minimum atomic E-state index is -0.569. The monoisotopic (exact) mass is 370 g/mol. The number of hydrogen-bond acceptors (Lipinski definition) is 6. The van der Waals surface area contributed by atoms with Gasteiger partial charge in [0.15, 0.2) is 0 Å². The van der Waals surface area contributed by atoms with E-state index in [2.05, 4.69) is 5.32 Å². The van der Waals surface area contributed by atoms with Crippen molar-refractivity contribution in [1.29, 1.82) is 0 Å². The normalized spacial score (nSPS) is 11.2. The summed E-state index contributed by atoms with van der Waals surface area (Å²) in [5.41, 5.74) is 0.645. The van der Waals surface area contributed by atoms with Gasteiger partial charge in [-0.1, -0.05) is 11.6 Å². The third-order valence-electron chi connectivity index (χ3n) is 3.15. The van der Waals surface area contributed by atoms with Crippen molar-refractivity contribution in [2.45, 2.75) is 20.0 Å². The van der Waals surface area contributed by atoms with Crippen molar-refractivity contribution in [2.75, 3.05) is 25.1 Å². The third-order valence-corrected chi connectivity index (χ3v) is 3.45. The molecular weight excluding hydrogens is 348 g/mol. The average Bonchev–Trinajstić information content (AvgIpc) is 2.58. The molecule has 8 heteroatoms. The zero-order chi connectivity index (χ0) is 18.8. The van der Waals surface area contributed by atoms with Gasteiger partial charge < -0.3 is 20.3 Å². The van der Waals surface area contributed by atoms with Crippen molar-refractivity contribution in [2.24, 2.45) is 5.92 Å². The van der Waals surface area contributed by atoms with E-state index in [1.54, 1.807) is 18.2 Å². The fraction of sp³-hybridized carbons (Fsp3) is 0.412. The molecule has 0 atom stereocenters. The van der Waals surface area contributed by atoms with Crippen molar-refractivity contribution in [3.8, 4) is 5.75 Å². The number of hydrogen-bond donors (Lipinski definition) is 3. The van der Waals surface area contributed by atoms with Crippen LogP contribution in [0.2, 0.25) is 5.02 Å². The average molecular weight is 371 g/mol. The highest BCUT2D eigenvalue weighted by molar-refractivity contribution is 6.32. The summed E-state index contributed by atoms with van der Waals surface area (Å²) in [4.78, 5) is 23.8. The van der Waals surface area contributed by atoms with Crippen LogP contribution >= 0.6 is 11.6 Å². The first-order chi connectivity index (χ1) is 11.9. The lowest BCUT2D eigenvalue weighted by Gasteiger charge is -2.18. The number of carbonyl (C=O) groups excluding carboxylic acids is 2. The highest BCUT2D eigenvalue weighted by Crippen LogP contribution is 2.28. The van der Waals surface area contributed by atoms with E-state index in [0.717, 1.165) is 4.90 Å². The Kier molecular flexibility index (Phi) is 8.98. The molecule has 0 aromatic heterocycles. The Morgan fingerprint density at radius 1 is 1.36 bits per heavy atom. The molecule has 1 rings (SSSR count). The molecule has 0 saturated heterocycles. The van der Waals surface area contributed by atoms with E-state index in [1.165, 1.54) is 12.3 Å². The third kappa shape index (κ3) is 7.13.